The molecule has 3 nitrogen and oxygen atoms in total. The molecule has 0 spiro atoms. The molecule has 88 valence electrons. The van der Waals surface area contributed by atoms with Crippen molar-refractivity contribution in [2.24, 2.45) is 0 Å². The summed E-state index contributed by atoms with van der Waals surface area (Å²) in [5.41, 5.74) is 1.31. The highest BCUT2D eigenvalue weighted by Crippen LogP contribution is 2.09. The van der Waals surface area contributed by atoms with Gasteiger partial charge in [0.2, 0.25) is 0 Å². The van der Waals surface area contributed by atoms with Crippen LogP contribution in [0.5, 0.6) is 5.75 Å². The van der Waals surface area contributed by atoms with E-state index in [9.17, 15) is 0 Å². The molecule has 0 aliphatic heterocycles. The fourth-order valence-corrected chi connectivity index (χ4v) is 1.42. The van der Waals surface area contributed by atoms with Crippen LogP contribution in [0.2, 0.25) is 0 Å². The second-order valence-corrected chi connectivity index (χ2v) is 3.52. The van der Waals surface area contributed by atoms with Crippen LogP contribution < -0.4 is 10.1 Å². The van der Waals surface area contributed by atoms with Gasteiger partial charge in [0.15, 0.2) is 0 Å². The first kappa shape index (κ1) is 12.6. The zero-order valence-electron chi connectivity index (χ0n) is 9.82. The molecule has 0 amide bonds. The quantitative estimate of drug-likeness (QED) is 0.531. The lowest BCUT2D eigenvalue weighted by molar-refractivity contribution is -0.671. The number of hydrogen-bond donors (Lipinski definition) is 1. The average Bonchev–Trinajstić information content (AvgIpc) is 2.34. The molecule has 16 heavy (non-hydrogen) atoms. The maximum atomic E-state index is 5.10. The smallest absolute Gasteiger partial charge is 0.118 e. The van der Waals surface area contributed by atoms with E-state index in [1.807, 2.05) is 12.1 Å². The Hall–Kier alpha value is -1.48. The monoisotopic (exact) mass is 222 g/mol. The van der Waals surface area contributed by atoms with Crippen LogP contribution in [0.1, 0.15) is 12.0 Å². The first-order chi connectivity index (χ1) is 7.86. The van der Waals surface area contributed by atoms with Gasteiger partial charge in [0.05, 0.1) is 26.5 Å². The van der Waals surface area contributed by atoms with Gasteiger partial charge in [0.25, 0.3) is 0 Å². The van der Waals surface area contributed by atoms with Crippen LogP contribution in [0, 0.1) is 0 Å². The number of hydrogen-bond acceptors (Lipinski definition) is 2. The summed E-state index contributed by atoms with van der Waals surface area (Å²) in [5, 5.41) is 2.27. The molecule has 0 aliphatic carbocycles. The van der Waals surface area contributed by atoms with E-state index in [1.54, 1.807) is 7.11 Å². The molecule has 1 aromatic carbocycles. The maximum absolute atomic E-state index is 5.10. The van der Waals surface area contributed by atoms with Gasteiger partial charge in [-0.15, -0.1) is 0 Å². The van der Waals surface area contributed by atoms with Gasteiger partial charge in [-0.2, -0.15) is 0 Å². The molecular weight excluding hydrogens is 202 g/mol. The van der Waals surface area contributed by atoms with Gasteiger partial charge in [-0.3, -0.25) is 0 Å². The fourth-order valence-electron chi connectivity index (χ4n) is 1.42. The van der Waals surface area contributed by atoms with E-state index < -0.39 is 0 Å². The molecule has 0 radical (unpaired) electrons. The molecule has 0 saturated heterocycles. The highest BCUT2D eigenvalue weighted by Gasteiger charge is 1.96. The first-order valence-corrected chi connectivity index (χ1v) is 5.54. The van der Waals surface area contributed by atoms with Crippen molar-refractivity contribution in [1.82, 2.24) is 0 Å². The average molecular weight is 222 g/mol. The Morgan fingerprint density at radius 1 is 1.31 bits per heavy atom. The van der Waals surface area contributed by atoms with E-state index in [0.717, 1.165) is 31.9 Å². The number of ether oxygens (including phenoxy) is 2. The predicted octanol–water partition coefficient (Wildman–Crippen LogP) is 1.31. The lowest BCUT2D eigenvalue weighted by Gasteiger charge is -2.03. The molecule has 2 N–H and O–H groups in total. The van der Waals surface area contributed by atoms with Crippen molar-refractivity contribution in [2.45, 2.75) is 13.0 Å². The van der Waals surface area contributed by atoms with Crippen molar-refractivity contribution in [1.29, 1.82) is 0 Å². The Kier molecular flexibility index (Phi) is 6.11. The highest BCUT2D eigenvalue weighted by molar-refractivity contribution is 5.26. The van der Waals surface area contributed by atoms with Crippen molar-refractivity contribution >= 4 is 0 Å². The number of nitrogens with two attached hydrogens (primary N) is 1. The fraction of sp³-hybridized carbons (Fsp3) is 0.385. The number of methoxy groups -OCH3 is 1. The predicted molar refractivity (Wildman–Crippen MR) is 64.3 cm³/mol. The Labute approximate surface area is 97.1 Å². The van der Waals surface area contributed by atoms with Gasteiger partial charge >= 0.3 is 0 Å². The number of rotatable bonds is 8. The maximum Gasteiger partial charge on any atom is 0.118 e. The van der Waals surface area contributed by atoms with Gasteiger partial charge in [-0.25, -0.2) is 0 Å². The Morgan fingerprint density at radius 2 is 2.06 bits per heavy atom. The van der Waals surface area contributed by atoms with E-state index in [2.05, 4.69) is 24.0 Å². The standard InChI is InChI=1S/C13H19NO2/c1-3-16-10-4-9-14-11-12-5-7-13(15-2)8-6-12/h3,5-8,14H,1,4,9-11H2,2H3/p+1. The lowest BCUT2D eigenvalue weighted by Crippen LogP contribution is -2.82. The van der Waals surface area contributed by atoms with Crippen LogP contribution in [0.3, 0.4) is 0 Å². The van der Waals surface area contributed by atoms with E-state index in [0.29, 0.717) is 0 Å². The topological polar surface area (TPSA) is 35.1 Å². The largest absolute Gasteiger partial charge is 0.502 e. The number of benzene rings is 1. The normalized spacial score (nSPS) is 9.81. The van der Waals surface area contributed by atoms with Crippen LogP contribution in [0.4, 0.5) is 0 Å². The summed E-state index contributed by atoms with van der Waals surface area (Å²) >= 11 is 0. The van der Waals surface area contributed by atoms with Crippen LogP contribution in [0.25, 0.3) is 0 Å². The van der Waals surface area contributed by atoms with Crippen LogP contribution >= 0.6 is 0 Å². The molecule has 0 aliphatic rings. The van der Waals surface area contributed by atoms with Crippen LogP contribution in [-0.4, -0.2) is 20.3 Å². The molecule has 0 heterocycles. The molecule has 0 unspecified atom stereocenters. The van der Waals surface area contributed by atoms with Crippen LogP contribution in [-0.2, 0) is 11.3 Å². The SMILES string of the molecule is C=COCCC[NH2+]Cc1ccc(OC)cc1. The summed E-state index contributed by atoms with van der Waals surface area (Å²) in [4.78, 5) is 0. The van der Waals surface area contributed by atoms with E-state index in [-0.39, 0.29) is 0 Å². The van der Waals surface area contributed by atoms with Gasteiger partial charge < -0.3 is 14.8 Å². The van der Waals surface area contributed by atoms with Gasteiger partial charge in [-0.05, 0) is 24.3 Å². The van der Waals surface area contributed by atoms with Crippen molar-refractivity contribution in [2.75, 3.05) is 20.3 Å². The molecule has 0 saturated carbocycles. The molecule has 0 aromatic heterocycles. The lowest BCUT2D eigenvalue weighted by atomic mass is 10.2. The molecule has 0 bridgehead atoms. The van der Waals surface area contributed by atoms with Crippen molar-refractivity contribution in [3.63, 3.8) is 0 Å². The molecule has 3 heteroatoms. The molecule has 0 fully saturated rings. The summed E-state index contributed by atoms with van der Waals surface area (Å²) in [6.07, 6.45) is 2.53. The van der Waals surface area contributed by atoms with Gasteiger partial charge in [0.1, 0.15) is 12.3 Å². The third kappa shape index (κ3) is 4.84. The second kappa shape index (κ2) is 7.77. The Bertz CT molecular complexity index is 295. The second-order valence-electron chi connectivity index (χ2n) is 3.52. The van der Waals surface area contributed by atoms with Crippen LogP contribution in [0.15, 0.2) is 37.1 Å². The van der Waals surface area contributed by atoms with E-state index in [1.165, 1.54) is 11.8 Å². The third-order valence-corrected chi connectivity index (χ3v) is 2.33. The Balaban J connectivity index is 2.14. The minimum atomic E-state index is 0.753. The minimum absolute atomic E-state index is 0.753. The zero-order valence-corrected chi connectivity index (χ0v) is 9.82. The summed E-state index contributed by atoms with van der Waals surface area (Å²) in [6.45, 7) is 6.32. The summed E-state index contributed by atoms with van der Waals surface area (Å²) in [6, 6.07) is 8.17. The van der Waals surface area contributed by atoms with E-state index >= 15 is 0 Å². The van der Waals surface area contributed by atoms with Crippen molar-refractivity contribution in [3.8, 4) is 5.75 Å². The summed E-state index contributed by atoms with van der Waals surface area (Å²) in [5.74, 6) is 0.906. The summed E-state index contributed by atoms with van der Waals surface area (Å²) < 4.78 is 10.1. The van der Waals surface area contributed by atoms with Gasteiger partial charge in [-0.1, -0.05) is 6.58 Å². The molecular formula is C13H20NO2+. The van der Waals surface area contributed by atoms with Crippen molar-refractivity contribution < 1.29 is 14.8 Å². The number of quaternary nitrogens is 1. The molecule has 1 rings (SSSR count). The first-order valence-electron chi connectivity index (χ1n) is 5.54. The molecule has 0 atom stereocenters. The van der Waals surface area contributed by atoms with Crippen molar-refractivity contribution in [3.05, 3.63) is 42.7 Å². The Morgan fingerprint density at radius 3 is 2.69 bits per heavy atom. The highest BCUT2D eigenvalue weighted by atomic mass is 16.5. The zero-order chi connectivity index (χ0) is 11.6. The van der Waals surface area contributed by atoms with Gasteiger partial charge in [0, 0.05) is 12.0 Å². The molecule has 1 aromatic rings. The minimum Gasteiger partial charge on any atom is -0.502 e. The van der Waals surface area contributed by atoms with E-state index in [4.69, 9.17) is 9.47 Å². The third-order valence-electron chi connectivity index (χ3n) is 2.33. The summed E-state index contributed by atoms with van der Waals surface area (Å²) in [7, 11) is 1.68.